The Bertz CT molecular complexity index is 377. The summed E-state index contributed by atoms with van der Waals surface area (Å²) >= 11 is 4.29. The van der Waals surface area contributed by atoms with Crippen molar-refractivity contribution in [1.82, 2.24) is 0 Å². The van der Waals surface area contributed by atoms with Gasteiger partial charge in [0.05, 0.1) is 5.56 Å². The molecule has 0 aromatic heterocycles. The van der Waals surface area contributed by atoms with Crippen molar-refractivity contribution in [2.45, 2.75) is 0 Å². The molecule has 0 aliphatic heterocycles. The Hall–Kier alpha value is -1.17. The van der Waals surface area contributed by atoms with Gasteiger partial charge in [-0.15, -0.1) is 0 Å². The van der Waals surface area contributed by atoms with Gasteiger partial charge in [0.15, 0.2) is 23.3 Å². The maximum Gasteiger partial charge on any atom is 0.198 e. The Morgan fingerprint density at radius 2 is 1.62 bits per heavy atom. The highest BCUT2D eigenvalue weighted by Crippen LogP contribution is 2.18. The lowest BCUT2D eigenvalue weighted by atomic mass is 10.2. The molecule has 6 heteroatoms. The molecule has 0 radical (unpaired) electrons. The summed E-state index contributed by atoms with van der Waals surface area (Å²) in [6.07, 6.45) is 0. The van der Waals surface area contributed by atoms with E-state index in [0.29, 0.717) is 6.07 Å². The molecule has 0 aliphatic carbocycles. The summed E-state index contributed by atoms with van der Waals surface area (Å²) in [5.74, 6) is -6.90. The number of nitrogens with two attached hydrogens (primary N) is 1. The smallest absolute Gasteiger partial charge is 0.198 e. The van der Waals surface area contributed by atoms with E-state index in [2.05, 4.69) is 12.2 Å². The minimum atomic E-state index is -1.91. The molecule has 0 spiro atoms. The summed E-state index contributed by atoms with van der Waals surface area (Å²) < 4.78 is 50.1. The second-order valence-corrected chi connectivity index (χ2v) is 2.65. The van der Waals surface area contributed by atoms with Gasteiger partial charge in [-0.1, -0.05) is 12.2 Å². The van der Waals surface area contributed by atoms with E-state index in [1.165, 1.54) is 0 Å². The van der Waals surface area contributed by atoms with E-state index in [9.17, 15) is 17.6 Å². The van der Waals surface area contributed by atoms with Gasteiger partial charge < -0.3 is 5.73 Å². The number of hydrogen-bond donors (Lipinski definition) is 1. The van der Waals surface area contributed by atoms with E-state index in [1.807, 2.05) is 0 Å². The van der Waals surface area contributed by atoms with Gasteiger partial charge in [-0.05, 0) is 6.07 Å². The normalized spacial score (nSPS) is 10.2. The molecule has 0 amide bonds. The molecule has 13 heavy (non-hydrogen) atoms. The number of hydrogen-bond acceptors (Lipinski definition) is 1. The molecule has 0 bridgehead atoms. The minimum Gasteiger partial charge on any atom is -0.389 e. The molecule has 70 valence electrons. The average Bonchev–Trinajstić information content (AvgIpc) is 2.07. The zero-order valence-corrected chi connectivity index (χ0v) is 6.89. The zero-order valence-electron chi connectivity index (χ0n) is 6.07. The second kappa shape index (κ2) is 3.29. The van der Waals surface area contributed by atoms with Crippen molar-refractivity contribution in [2.24, 2.45) is 5.73 Å². The Kier molecular flexibility index (Phi) is 2.51. The predicted octanol–water partition coefficient (Wildman–Crippen LogP) is 1.88. The lowest BCUT2D eigenvalue weighted by Crippen LogP contribution is -2.14. The van der Waals surface area contributed by atoms with Crippen LogP contribution in [0, 0.1) is 23.3 Å². The molecule has 2 N–H and O–H groups in total. The van der Waals surface area contributed by atoms with Crippen molar-refractivity contribution < 1.29 is 17.6 Å². The molecular formula is C7H3F4NS. The third-order valence-electron chi connectivity index (χ3n) is 1.37. The first kappa shape index (κ1) is 9.91. The molecular weight excluding hydrogens is 206 g/mol. The van der Waals surface area contributed by atoms with E-state index >= 15 is 0 Å². The van der Waals surface area contributed by atoms with Crippen LogP contribution in [0.25, 0.3) is 0 Å². The maximum atomic E-state index is 12.7. The van der Waals surface area contributed by atoms with Gasteiger partial charge in [-0.3, -0.25) is 0 Å². The fourth-order valence-corrected chi connectivity index (χ4v) is 0.901. The zero-order chi connectivity index (χ0) is 10.2. The molecule has 1 rings (SSSR count). The topological polar surface area (TPSA) is 26.0 Å². The van der Waals surface area contributed by atoms with Crippen molar-refractivity contribution in [3.05, 3.63) is 34.9 Å². The van der Waals surface area contributed by atoms with Crippen LogP contribution >= 0.6 is 12.2 Å². The van der Waals surface area contributed by atoms with Gasteiger partial charge in [0.2, 0.25) is 0 Å². The standard InChI is InChI=1S/C7H3F4NS/c8-3-1-2(7(12)13)4(9)6(11)5(3)10/h1H,(H2,12,13). The SMILES string of the molecule is NC(=S)c1cc(F)c(F)c(F)c1F. The molecule has 0 saturated heterocycles. The van der Waals surface area contributed by atoms with E-state index in [4.69, 9.17) is 5.73 Å². The van der Waals surface area contributed by atoms with Gasteiger partial charge in [0, 0.05) is 0 Å². The van der Waals surface area contributed by atoms with E-state index in [-0.39, 0.29) is 0 Å². The molecule has 1 nitrogen and oxygen atoms in total. The van der Waals surface area contributed by atoms with Crippen molar-refractivity contribution in [3.8, 4) is 0 Å². The number of thiocarbonyl (C=S) groups is 1. The van der Waals surface area contributed by atoms with Gasteiger partial charge >= 0.3 is 0 Å². The first-order valence-corrected chi connectivity index (χ1v) is 3.48. The van der Waals surface area contributed by atoms with Crippen LogP contribution in [0.5, 0.6) is 0 Å². The Labute approximate surface area is 76.2 Å². The molecule has 0 saturated carbocycles. The van der Waals surface area contributed by atoms with Crippen LogP contribution in [0.15, 0.2) is 6.07 Å². The fraction of sp³-hybridized carbons (Fsp3) is 0. The summed E-state index contributed by atoms with van der Waals surface area (Å²) in [7, 11) is 0. The highest BCUT2D eigenvalue weighted by Gasteiger charge is 2.19. The van der Waals surface area contributed by atoms with Crippen LogP contribution in [0.1, 0.15) is 5.56 Å². The molecule has 0 atom stereocenters. The Morgan fingerprint density at radius 1 is 1.08 bits per heavy atom. The van der Waals surface area contributed by atoms with Crippen LogP contribution in [0.4, 0.5) is 17.6 Å². The van der Waals surface area contributed by atoms with E-state index in [0.717, 1.165) is 0 Å². The predicted molar refractivity (Wildman–Crippen MR) is 42.2 cm³/mol. The molecule has 1 aromatic carbocycles. The molecule has 0 fully saturated rings. The first-order chi connectivity index (χ1) is 5.95. The molecule has 1 aromatic rings. The van der Waals surface area contributed by atoms with Crippen molar-refractivity contribution in [2.75, 3.05) is 0 Å². The van der Waals surface area contributed by atoms with Crippen LogP contribution in [-0.4, -0.2) is 4.99 Å². The quantitative estimate of drug-likeness (QED) is 0.331. The Balaban J connectivity index is 3.50. The second-order valence-electron chi connectivity index (χ2n) is 2.21. The van der Waals surface area contributed by atoms with Gasteiger partial charge in [-0.2, -0.15) is 0 Å². The number of benzene rings is 1. The van der Waals surface area contributed by atoms with E-state index < -0.39 is 33.8 Å². The van der Waals surface area contributed by atoms with Crippen molar-refractivity contribution in [3.63, 3.8) is 0 Å². The highest BCUT2D eigenvalue weighted by molar-refractivity contribution is 7.80. The van der Waals surface area contributed by atoms with Gasteiger partial charge in [0.1, 0.15) is 4.99 Å². The first-order valence-electron chi connectivity index (χ1n) is 3.08. The monoisotopic (exact) mass is 209 g/mol. The largest absolute Gasteiger partial charge is 0.389 e. The summed E-state index contributed by atoms with van der Waals surface area (Å²) in [5.41, 5.74) is 4.29. The van der Waals surface area contributed by atoms with Crippen molar-refractivity contribution in [1.29, 1.82) is 0 Å². The van der Waals surface area contributed by atoms with Crippen molar-refractivity contribution >= 4 is 17.2 Å². The van der Waals surface area contributed by atoms with Crippen LogP contribution < -0.4 is 5.73 Å². The summed E-state index contributed by atoms with van der Waals surface area (Å²) in [6, 6.07) is 0.413. The maximum absolute atomic E-state index is 12.7. The Morgan fingerprint density at radius 3 is 2.08 bits per heavy atom. The minimum absolute atomic E-state index is 0.413. The summed E-state index contributed by atoms with van der Waals surface area (Å²) in [4.78, 5) is -0.532. The lowest BCUT2D eigenvalue weighted by Gasteiger charge is -2.02. The number of halogens is 4. The summed E-state index contributed by atoms with van der Waals surface area (Å²) in [6.45, 7) is 0. The van der Waals surface area contributed by atoms with Gasteiger partial charge in [-0.25, -0.2) is 17.6 Å². The van der Waals surface area contributed by atoms with Crippen LogP contribution in [0.3, 0.4) is 0 Å². The van der Waals surface area contributed by atoms with E-state index in [1.54, 1.807) is 0 Å². The molecule has 0 unspecified atom stereocenters. The van der Waals surface area contributed by atoms with Gasteiger partial charge in [0.25, 0.3) is 0 Å². The van der Waals surface area contributed by atoms with Crippen LogP contribution in [0.2, 0.25) is 0 Å². The summed E-state index contributed by atoms with van der Waals surface area (Å²) in [5, 5.41) is 0. The number of rotatable bonds is 1. The third kappa shape index (κ3) is 1.62. The highest BCUT2D eigenvalue weighted by atomic mass is 32.1. The lowest BCUT2D eigenvalue weighted by molar-refractivity contribution is 0.408. The fourth-order valence-electron chi connectivity index (χ4n) is 0.752. The average molecular weight is 209 g/mol. The molecule has 0 aliphatic rings. The van der Waals surface area contributed by atoms with Crippen LogP contribution in [-0.2, 0) is 0 Å². The third-order valence-corrected chi connectivity index (χ3v) is 1.59. The molecule has 0 heterocycles.